The molecule has 0 radical (unpaired) electrons. The lowest BCUT2D eigenvalue weighted by molar-refractivity contribution is 0.0950. The fourth-order valence-electron chi connectivity index (χ4n) is 4.16. The molecule has 194 valence electrons. The van der Waals surface area contributed by atoms with Crippen LogP contribution >= 0.6 is 11.6 Å². The van der Waals surface area contributed by atoms with Crippen LogP contribution < -0.4 is 14.2 Å². The maximum atomic E-state index is 13.5. The molecule has 0 aromatic carbocycles. The normalized spacial score (nSPS) is 19.3. The van der Waals surface area contributed by atoms with Crippen LogP contribution in [-0.2, 0) is 14.8 Å². The molecule has 2 unspecified atom stereocenters. The summed E-state index contributed by atoms with van der Waals surface area (Å²) in [5.41, 5.74) is 0.289. The van der Waals surface area contributed by atoms with Crippen LogP contribution in [0.2, 0.25) is 5.02 Å². The first kappa shape index (κ1) is 26.0. The number of nitrogens with zero attached hydrogens (tertiary/aromatic N) is 7. The van der Waals surface area contributed by atoms with E-state index in [4.69, 9.17) is 25.8 Å². The van der Waals surface area contributed by atoms with Gasteiger partial charge in [0, 0.05) is 25.4 Å². The van der Waals surface area contributed by atoms with Crippen LogP contribution in [0.4, 0.5) is 5.95 Å². The summed E-state index contributed by atoms with van der Waals surface area (Å²) in [6.45, 7) is 3.62. The van der Waals surface area contributed by atoms with Crippen molar-refractivity contribution in [3.05, 3.63) is 35.4 Å². The molecule has 0 saturated heterocycles. The number of anilines is 1. The highest BCUT2D eigenvalue weighted by atomic mass is 35.5. The van der Waals surface area contributed by atoms with E-state index in [-0.39, 0.29) is 35.1 Å². The zero-order valence-corrected chi connectivity index (χ0v) is 22.0. The van der Waals surface area contributed by atoms with Crippen LogP contribution in [0.5, 0.6) is 11.8 Å². The van der Waals surface area contributed by atoms with Crippen LogP contribution in [0, 0.1) is 5.92 Å². The molecule has 1 saturated carbocycles. The Hall–Kier alpha value is -3.10. The molecule has 36 heavy (non-hydrogen) atoms. The Morgan fingerprint density at radius 1 is 1.06 bits per heavy atom. The zero-order valence-electron chi connectivity index (χ0n) is 20.4. The number of methoxy groups -OCH3 is 3. The van der Waals surface area contributed by atoms with E-state index in [1.807, 2.05) is 0 Å². The van der Waals surface area contributed by atoms with E-state index in [0.29, 0.717) is 16.8 Å². The van der Waals surface area contributed by atoms with Gasteiger partial charge >= 0.3 is 0 Å². The second-order valence-electron chi connectivity index (χ2n) is 8.50. The van der Waals surface area contributed by atoms with E-state index < -0.39 is 21.4 Å². The van der Waals surface area contributed by atoms with E-state index in [1.165, 1.54) is 47.0 Å². The second kappa shape index (κ2) is 10.5. The summed E-state index contributed by atoms with van der Waals surface area (Å²) >= 11 is 5.87. The molecule has 0 amide bonds. The smallest absolute Gasteiger partial charge is 0.245 e. The zero-order chi connectivity index (χ0) is 26.0. The monoisotopic (exact) mass is 538 g/mol. The molecule has 1 N–H and O–H groups in total. The molecule has 2 atom stereocenters. The van der Waals surface area contributed by atoms with Gasteiger partial charge < -0.3 is 14.2 Å². The summed E-state index contributed by atoms with van der Waals surface area (Å²) in [6, 6.07) is 0. The summed E-state index contributed by atoms with van der Waals surface area (Å²) in [5.74, 6) is 1.58. The number of halogens is 1. The molecule has 4 rings (SSSR count). The lowest BCUT2D eigenvalue weighted by atomic mass is 9.75. The predicted octanol–water partition coefficient (Wildman–Crippen LogP) is 2.55. The second-order valence-corrected chi connectivity index (χ2v) is 11.0. The topological polar surface area (TPSA) is 156 Å². The minimum absolute atomic E-state index is 0.0605. The first-order valence-electron chi connectivity index (χ1n) is 11.1. The van der Waals surface area contributed by atoms with Crippen LogP contribution in [0.1, 0.15) is 50.4 Å². The molecular weight excluding hydrogens is 512 g/mol. The summed E-state index contributed by atoms with van der Waals surface area (Å²) < 4.78 is 47.4. The van der Waals surface area contributed by atoms with Gasteiger partial charge in [0.2, 0.25) is 27.7 Å². The molecule has 13 nitrogen and oxygen atoms in total. The Bertz CT molecular complexity index is 1290. The van der Waals surface area contributed by atoms with Gasteiger partial charge in [-0.25, -0.2) is 18.4 Å². The van der Waals surface area contributed by atoms with Crippen molar-refractivity contribution in [3.8, 4) is 17.4 Å². The van der Waals surface area contributed by atoms with Crippen molar-refractivity contribution in [1.29, 1.82) is 0 Å². The Morgan fingerprint density at radius 2 is 1.67 bits per heavy atom. The number of sulfonamides is 1. The van der Waals surface area contributed by atoms with Crippen LogP contribution in [0.15, 0.2) is 18.7 Å². The van der Waals surface area contributed by atoms with Gasteiger partial charge in [-0.05, 0) is 25.7 Å². The number of ether oxygens (including phenoxy) is 3. The van der Waals surface area contributed by atoms with Gasteiger partial charge in [0.1, 0.15) is 23.5 Å². The van der Waals surface area contributed by atoms with Gasteiger partial charge in [0.05, 0.1) is 19.2 Å². The minimum Gasteiger partial charge on any atom is -0.479 e. The van der Waals surface area contributed by atoms with Crippen LogP contribution in [0.3, 0.4) is 0 Å². The summed E-state index contributed by atoms with van der Waals surface area (Å²) in [6.07, 6.45) is 4.81. The molecular formula is C21H27ClN8O5S. The molecule has 0 aliphatic heterocycles. The maximum Gasteiger partial charge on any atom is 0.245 e. The maximum absolute atomic E-state index is 13.5. The molecule has 3 aromatic heterocycles. The average molecular weight is 539 g/mol. The van der Waals surface area contributed by atoms with Crippen molar-refractivity contribution in [1.82, 2.24) is 34.7 Å². The largest absolute Gasteiger partial charge is 0.479 e. The minimum atomic E-state index is -4.10. The van der Waals surface area contributed by atoms with Gasteiger partial charge in [0.15, 0.2) is 11.5 Å². The van der Waals surface area contributed by atoms with Crippen molar-refractivity contribution < 1.29 is 22.6 Å². The predicted molar refractivity (Wildman–Crippen MR) is 130 cm³/mol. The third kappa shape index (κ3) is 4.92. The molecule has 3 aromatic rings. The van der Waals surface area contributed by atoms with Crippen molar-refractivity contribution in [2.24, 2.45) is 5.92 Å². The lowest BCUT2D eigenvalue weighted by Crippen LogP contribution is -2.33. The average Bonchev–Trinajstić information content (AvgIpc) is 3.24. The Balaban J connectivity index is 1.76. The van der Waals surface area contributed by atoms with Crippen LogP contribution in [-0.4, -0.2) is 69.7 Å². The number of rotatable bonds is 10. The molecule has 3 heterocycles. The van der Waals surface area contributed by atoms with Gasteiger partial charge in [-0.3, -0.25) is 9.29 Å². The quantitative estimate of drug-likeness (QED) is 0.404. The van der Waals surface area contributed by atoms with Gasteiger partial charge in [-0.1, -0.05) is 18.5 Å². The standard InChI is InChI=1S/C21H27ClN8O5S/c1-11-6-13(7-11)18-27-28-21(30(18)15-19(34-4)25-10-26-20(15)35-5)29-36(31,32)12(2)16(33-3)17-23-8-14(22)9-24-17/h8-13,16H,6-7H2,1-5H3,(H,28,29)/t11-,12?,13+,16?. The number of hydrogen-bond donors (Lipinski definition) is 1. The van der Waals surface area contributed by atoms with E-state index in [1.54, 1.807) is 4.57 Å². The highest BCUT2D eigenvalue weighted by molar-refractivity contribution is 7.93. The summed E-state index contributed by atoms with van der Waals surface area (Å²) in [7, 11) is 0.174. The number of hydrogen-bond acceptors (Lipinski definition) is 11. The fourth-order valence-corrected chi connectivity index (χ4v) is 5.39. The van der Waals surface area contributed by atoms with Gasteiger partial charge in [-0.2, -0.15) is 9.97 Å². The highest BCUT2D eigenvalue weighted by Crippen LogP contribution is 2.43. The SMILES string of the molecule is COc1ncnc(OC)c1-n1c(NS(=O)(=O)C(C)C(OC)c2ncc(Cl)cn2)nnc1[C@H]1C[C@@H](C)C1. The van der Waals surface area contributed by atoms with Crippen molar-refractivity contribution in [2.75, 3.05) is 26.1 Å². The van der Waals surface area contributed by atoms with E-state index in [0.717, 1.165) is 12.8 Å². The molecule has 1 aliphatic rings. The third-order valence-corrected chi connectivity index (χ3v) is 7.98. The third-order valence-electron chi connectivity index (χ3n) is 6.09. The Kier molecular flexibility index (Phi) is 7.57. The molecule has 15 heteroatoms. The number of aromatic nitrogens is 7. The van der Waals surface area contributed by atoms with Crippen molar-refractivity contribution in [3.63, 3.8) is 0 Å². The highest BCUT2D eigenvalue weighted by Gasteiger charge is 2.38. The van der Waals surface area contributed by atoms with Gasteiger partial charge in [0.25, 0.3) is 0 Å². The summed E-state index contributed by atoms with van der Waals surface area (Å²) in [5, 5.41) is 7.71. The Labute approximate surface area is 213 Å². The Morgan fingerprint density at radius 3 is 2.19 bits per heavy atom. The lowest BCUT2D eigenvalue weighted by Gasteiger charge is -2.32. The van der Waals surface area contributed by atoms with Crippen molar-refractivity contribution in [2.45, 2.75) is 44.0 Å². The van der Waals surface area contributed by atoms with Crippen molar-refractivity contribution >= 4 is 27.6 Å². The van der Waals surface area contributed by atoms with Crippen LogP contribution in [0.25, 0.3) is 5.69 Å². The fraction of sp³-hybridized carbons (Fsp3) is 0.524. The first-order chi connectivity index (χ1) is 17.2. The number of nitrogens with one attached hydrogen (secondary N) is 1. The van der Waals surface area contributed by atoms with E-state index in [2.05, 4.69) is 41.8 Å². The molecule has 0 spiro atoms. The first-order valence-corrected chi connectivity index (χ1v) is 13.0. The van der Waals surface area contributed by atoms with E-state index >= 15 is 0 Å². The van der Waals surface area contributed by atoms with E-state index in [9.17, 15) is 8.42 Å². The van der Waals surface area contributed by atoms with Gasteiger partial charge in [-0.15, -0.1) is 10.2 Å². The molecule has 1 fully saturated rings. The molecule has 1 aliphatic carbocycles. The summed E-state index contributed by atoms with van der Waals surface area (Å²) in [4.78, 5) is 16.6. The molecule has 0 bridgehead atoms.